The first kappa shape index (κ1) is 17.8. The molecule has 0 saturated heterocycles. The lowest BCUT2D eigenvalue weighted by atomic mass is 9.87. The molecule has 0 rings (SSSR count). The Kier molecular flexibility index (Phi) is 9.52. The summed E-state index contributed by atoms with van der Waals surface area (Å²) >= 11 is 0. The average molecular weight is 267 g/mol. The van der Waals surface area contributed by atoms with Crippen LogP contribution in [0, 0.1) is 5.92 Å². The van der Waals surface area contributed by atoms with Crippen LogP contribution in [-0.4, -0.2) is 18.8 Å². The number of hydrogen-bond acceptors (Lipinski definition) is 1. The molecule has 0 aliphatic carbocycles. The van der Waals surface area contributed by atoms with Crippen LogP contribution in [0.4, 0.5) is 13.2 Å². The summed E-state index contributed by atoms with van der Waals surface area (Å²) in [5.41, 5.74) is 0. The maximum atomic E-state index is 12.3. The smallest absolute Gasteiger partial charge is 0.314 e. The Hall–Kier alpha value is -0.250. The monoisotopic (exact) mass is 267 g/mol. The van der Waals surface area contributed by atoms with Crippen molar-refractivity contribution >= 4 is 0 Å². The van der Waals surface area contributed by atoms with E-state index in [1.165, 1.54) is 0 Å². The lowest BCUT2D eigenvalue weighted by Gasteiger charge is -2.28. The van der Waals surface area contributed by atoms with Gasteiger partial charge >= 0.3 is 6.18 Å². The standard InChI is InChI=1S/C14H28F3N/c1-4-7-12(8-5-2)13(18-11-6-3)9-10-14(15,16)17/h12-13,18H,4-11H2,1-3H3. The highest BCUT2D eigenvalue weighted by molar-refractivity contribution is 4.77. The van der Waals surface area contributed by atoms with Crippen LogP contribution in [0.3, 0.4) is 0 Å². The second-order valence-corrected chi connectivity index (χ2v) is 5.05. The van der Waals surface area contributed by atoms with Gasteiger partial charge in [-0.25, -0.2) is 0 Å². The maximum Gasteiger partial charge on any atom is 0.389 e. The van der Waals surface area contributed by atoms with E-state index in [1.807, 2.05) is 6.92 Å². The van der Waals surface area contributed by atoms with Crippen LogP contribution >= 0.6 is 0 Å². The third-order valence-corrected chi connectivity index (χ3v) is 3.28. The van der Waals surface area contributed by atoms with Gasteiger partial charge in [0.25, 0.3) is 0 Å². The van der Waals surface area contributed by atoms with Crippen molar-refractivity contribution in [1.82, 2.24) is 5.32 Å². The lowest BCUT2D eigenvalue weighted by Crippen LogP contribution is -2.37. The second-order valence-electron chi connectivity index (χ2n) is 5.05. The van der Waals surface area contributed by atoms with Gasteiger partial charge in [-0.2, -0.15) is 13.2 Å². The number of rotatable bonds is 10. The molecule has 0 bridgehead atoms. The molecule has 18 heavy (non-hydrogen) atoms. The highest BCUT2D eigenvalue weighted by Gasteiger charge is 2.30. The Morgan fingerprint density at radius 3 is 1.83 bits per heavy atom. The minimum Gasteiger partial charge on any atom is -0.314 e. The van der Waals surface area contributed by atoms with Crippen molar-refractivity contribution in [2.24, 2.45) is 5.92 Å². The third-order valence-electron chi connectivity index (χ3n) is 3.28. The van der Waals surface area contributed by atoms with Gasteiger partial charge < -0.3 is 5.32 Å². The van der Waals surface area contributed by atoms with Crippen molar-refractivity contribution in [3.63, 3.8) is 0 Å². The number of halogens is 3. The van der Waals surface area contributed by atoms with E-state index >= 15 is 0 Å². The highest BCUT2D eigenvalue weighted by atomic mass is 19.4. The zero-order chi connectivity index (χ0) is 14.0. The van der Waals surface area contributed by atoms with Crippen molar-refractivity contribution < 1.29 is 13.2 Å². The van der Waals surface area contributed by atoms with Gasteiger partial charge in [0.15, 0.2) is 0 Å². The van der Waals surface area contributed by atoms with Crippen LogP contribution in [0.5, 0.6) is 0 Å². The van der Waals surface area contributed by atoms with Gasteiger partial charge in [0, 0.05) is 12.5 Å². The van der Waals surface area contributed by atoms with Crippen LogP contribution in [0.25, 0.3) is 0 Å². The van der Waals surface area contributed by atoms with Gasteiger partial charge in [0.05, 0.1) is 0 Å². The first-order chi connectivity index (χ1) is 8.44. The topological polar surface area (TPSA) is 12.0 Å². The Labute approximate surface area is 110 Å². The molecule has 0 fully saturated rings. The molecule has 0 aromatic rings. The molecular formula is C14H28F3N. The molecule has 1 unspecified atom stereocenters. The summed E-state index contributed by atoms with van der Waals surface area (Å²) < 4.78 is 37.0. The van der Waals surface area contributed by atoms with E-state index in [1.54, 1.807) is 0 Å². The van der Waals surface area contributed by atoms with Crippen LogP contribution in [0.2, 0.25) is 0 Å². The fourth-order valence-electron chi connectivity index (χ4n) is 2.44. The molecule has 0 heterocycles. The van der Waals surface area contributed by atoms with Crippen LogP contribution < -0.4 is 5.32 Å². The van der Waals surface area contributed by atoms with Crippen LogP contribution in [-0.2, 0) is 0 Å². The average Bonchev–Trinajstić information content (AvgIpc) is 2.28. The quantitative estimate of drug-likeness (QED) is 0.593. The van der Waals surface area contributed by atoms with E-state index in [9.17, 15) is 13.2 Å². The van der Waals surface area contributed by atoms with Gasteiger partial charge in [-0.3, -0.25) is 0 Å². The van der Waals surface area contributed by atoms with Gasteiger partial charge in [0.1, 0.15) is 0 Å². The molecule has 0 spiro atoms. The third kappa shape index (κ3) is 8.78. The van der Waals surface area contributed by atoms with E-state index in [4.69, 9.17) is 0 Å². The SMILES string of the molecule is CCCNC(CCC(F)(F)F)C(CCC)CCC. The summed E-state index contributed by atoms with van der Waals surface area (Å²) in [6.07, 6.45) is 0.608. The molecule has 1 nitrogen and oxygen atoms in total. The first-order valence-corrected chi connectivity index (χ1v) is 7.24. The molecule has 4 heteroatoms. The summed E-state index contributed by atoms with van der Waals surface area (Å²) in [4.78, 5) is 0. The van der Waals surface area contributed by atoms with Gasteiger partial charge in [-0.15, -0.1) is 0 Å². The number of hydrogen-bond donors (Lipinski definition) is 1. The summed E-state index contributed by atoms with van der Waals surface area (Å²) in [6, 6.07) is 0.0199. The molecule has 0 radical (unpaired) electrons. The van der Waals surface area contributed by atoms with Crippen molar-refractivity contribution in [3.8, 4) is 0 Å². The zero-order valence-corrected chi connectivity index (χ0v) is 11.9. The normalized spacial score (nSPS) is 14.2. The number of nitrogens with one attached hydrogen (secondary N) is 1. The summed E-state index contributed by atoms with van der Waals surface area (Å²) in [5.74, 6) is 0.383. The highest BCUT2D eigenvalue weighted by Crippen LogP contribution is 2.27. The zero-order valence-electron chi connectivity index (χ0n) is 11.9. The van der Waals surface area contributed by atoms with Crippen molar-refractivity contribution in [3.05, 3.63) is 0 Å². The summed E-state index contributed by atoms with van der Waals surface area (Å²) in [5, 5.41) is 3.31. The van der Waals surface area contributed by atoms with E-state index in [-0.39, 0.29) is 12.5 Å². The molecule has 0 aliphatic heterocycles. The van der Waals surface area contributed by atoms with Crippen molar-refractivity contribution in [2.45, 2.75) is 77.9 Å². The Balaban J connectivity index is 4.40. The summed E-state index contributed by atoms with van der Waals surface area (Å²) in [7, 11) is 0. The predicted octanol–water partition coefficient (Wildman–Crippen LogP) is 4.91. The Morgan fingerprint density at radius 2 is 1.44 bits per heavy atom. The van der Waals surface area contributed by atoms with E-state index in [2.05, 4.69) is 19.2 Å². The predicted molar refractivity (Wildman–Crippen MR) is 70.7 cm³/mol. The molecule has 0 aromatic heterocycles. The van der Waals surface area contributed by atoms with E-state index in [0.29, 0.717) is 5.92 Å². The molecule has 1 atom stereocenters. The molecule has 0 saturated carbocycles. The number of alkyl halides is 3. The molecule has 0 aromatic carbocycles. The van der Waals surface area contributed by atoms with Gasteiger partial charge in [-0.05, 0) is 38.1 Å². The Bertz CT molecular complexity index is 186. The second kappa shape index (κ2) is 9.65. The van der Waals surface area contributed by atoms with E-state index in [0.717, 1.165) is 38.6 Å². The first-order valence-electron chi connectivity index (χ1n) is 7.24. The molecule has 110 valence electrons. The largest absolute Gasteiger partial charge is 0.389 e. The van der Waals surface area contributed by atoms with Crippen LogP contribution in [0.1, 0.15) is 65.7 Å². The lowest BCUT2D eigenvalue weighted by molar-refractivity contribution is -0.137. The molecule has 0 amide bonds. The van der Waals surface area contributed by atoms with Gasteiger partial charge in [-0.1, -0.05) is 33.6 Å². The minimum atomic E-state index is -4.03. The minimum absolute atomic E-state index is 0.0199. The molecule has 1 N–H and O–H groups in total. The Morgan fingerprint density at radius 1 is 0.889 bits per heavy atom. The van der Waals surface area contributed by atoms with Crippen LogP contribution in [0.15, 0.2) is 0 Å². The fraction of sp³-hybridized carbons (Fsp3) is 1.00. The van der Waals surface area contributed by atoms with Crippen molar-refractivity contribution in [1.29, 1.82) is 0 Å². The maximum absolute atomic E-state index is 12.3. The summed E-state index contributed by atoms with van der Waals surface area (Å²) in [6.45, 7) is 7.06. The molecular weight excluding hydrogens is 239 g/mol. The van der Waals surface area contributed by atoms with Gasteiger partial charge in [0.2, 0.25) is 0 Å². The molecule has 0 aliphatic rings. The van der Waals surface area contributed by atoms with Crippen molar-refractivity contribution in [2.75, 3.05) is 6.54 Å². The van der Waals surface area contributed by atoms with E-state index < -0.39 is 12.6 Å². The fourth-order valence-corrected chi connectivity index (χ4v) is 2.44.